The van der Waals surface area contributed by atoms with Gasteiger partial charge in [-0.25, -0.2) is 4.39 Å². The van der Waals surface area contributed by atoms with Crippen LogP contribution in [0.3, 0.4) is 0 Å². The molecule has 6 rings (SSSR count). The molecular formula is C34H45FN4O3. The molecule has 0 unspecified atom stereocenters. The number of hydrogen-bond acceptors (Lipinski definition) is 5. The highest BCUT2D eigenvalue weighted by Gasteiger charge is 2.51. The molecule has 2 amide bonds. The smallest absolute Gasteiger partial charge is 0.256 e. The maximum absolute atomic E-state index is 15.5. The maximum atomic E-state index is 15.5. The van der Waals surface area contributed by atoms with Gasteiger partial charge in [0.15, 0.2) is 0 Å². The van der Waals surface area contributed by atoms with Crippen molar-refractivity contribution in [3.8, 4) is 11.1 Å². The van der Waals surface area contributed by atoms with Crippen molar-refractivity contribution >= 4 is 23.2 Å². The van der Waals surface area contributed by atoms with Gasteiger partial charge in [0.1, 0.15) is 11.4 Å². The largest absolute Gasteiger partial charge is 0.380 e. The summed E-state index contributed by atoms with van der Waals surface area (Å²) in [6, 6.07) is 11.6. The summed E-state index contributed by atoms with van der Waals surface area (Å²) in [6.07, 6.45) is 12.6. The molecule has 2 aromatic carbocycles. The van der Waals surface area contributed by atoms with Crippen LogP contribution in [0.25, 0.3) is 11.1 Å². The summed E-state index contributed by atoms with van der Waals surface area (Å²) in [4.78, 5) is 34.1. The van der Waals surface area contributed by atoms with Crippen molar-refractivity contribution in [2.75, 3.05) is 43.2 Å². The fourth-order valence-electron chi connectivity index (χ4n) is 7.13. The van der Waals surface area contributed by atoms with Gasteiger partial charge in [-0.1, -0.05) is 57.1 Å². The molecule has 4 aliphatic rings. The van der Waals surface area contributed by atoms with Gasteiger partial charge in [0.25, 0.3) is 11.8 Å². The first-order chi connectivity index (χ1) is 20.2. The van der Waals surface area contributed by atoms with Crippen LogP contribution in [-0.4, -0.2) is 77.8 Å². The van der Waals surface area contributed by atoms with Crippen molar-refractivity contribution < 1.29 is 19.1 Å². The molecule has 2 aliphatic carbocycles. The summed E-state index contributed by atoms with van der Waals surface area (Å²) in [5.74, 6) is -1.14. The number of amides is 2. The molecule has 3 fully saturated rings. The van der Waals surface area contributed by atoms with Crippen LogP contribution in [0.15, 0.2) is 36.4 Å². The van der Waals surface area contributed by atoms with Gasteiger partial charge in [0.2, 0.25) is 0 Å². The Morgan fingerprint density at radius 3 is 2.17 bits per heavy atom. The molecule has 226 valence electrons. The van der Waals surface area contributed by atoms with Gasteiger partial charge in [0.05, 0.1) is 23.6 Å². The van der Waals surface area contributed by atoms with Gasteiger partial charge in [-0.3, -0.25) is 9.59 Å². The van der Waals surface area contributed by atoms with E-state index in [1.807, 2.05) is 19.1 Å². The lowest BCUT2D eigenvalue weighted by atomic mass is 9.96. The predicted molar refractivity (Wildman–Crippen MR) is 164 cm³/mol. The number of anilines is 2. The van der Waals surface area contributed by atoms with Crippen LogP contribution in [-0.2, 0) is 4.79 Å². The number of carbonyl (C=O) groups is 2. The van der Waals surface area contributed by atoms with Gasteiger partial charge >= 0.3 is 0 Å². The third kappa shape index (κ3) is 5.75. The highest BCUT2D eigenvalue weighted by molar-refractivity contribution is 5.96. The Hall–Kier alpha value is -3.13. The Bertz CT molecular complexity index is 1320. The van der Waals surface area contributed by atoms with Crippen molar-refractivity contribution in [2.24, 2.45) is 0 Å². The van der Waals surface area contributed by atoms with Crippen LogP contribution in [0.2, 0.25) is 0 Å². The topological polar surface area (TPSA) is 67.3 Å². The molecule has 0 aromatic heterocycles. The third-order valence-corrected chi connectivity index (χ3v) is 9.91. The molecule has 8 heteroatoms. The van der Waals surface area contributed by atoms with Crippen molar-refractivity contribution in [1.82, 2.24) is 9.80 Å². The monoisotopic (exact) mass is 576 g/mol. The van der Waals surface area contributed by atoms with Gasteiger partial charge in [-0.05, 0) is 68.0 Å². The third-order valence-electron chi connectivity index (χ3n) is 9.91. The lowest BCUT2D eigenvalue weighted by Crippen LogP contribution is -2.58. The fraction of sp³-hybridized carbons (Fsp3) is 0.588. The highest BCUT2D eigenvalue weighted by Crippen LogP contribution is 2.41. The van der Waals surface area contributed by atoms with Gasteiger partial charge in [-0.15, -0.1) is 0 Å². The fourth-order valence-corrected chi connectivity index (χ4v) is 7.13. The Morgan fingerprint density at radius 2 is 1.52 bits per heavy atom. The molecule has 0 spiro atoms. The normalized spacial score (nSPS) is 23.1. The van der Waals surface area contributed by atoms with Crippen LogP contribution in [0.5, 0.6) is 0 Å². The summed E-state index contributed by atoms with van der Waals surface area (Å²) in [5, 5.41) is 10.2. The molecule has 42 heavy (non-hydrogen) atoms. The number of hydrogen-bond donors (Lipinski definition) is 1. The van der Waals surface area contributed by atoms with Crippen LogP contribution in [0.4, 0.5) is 15.8 Å². The second-order valence-electron chi connectivity index (χ2n) is 13.0. The van der Waals surface area contributed by atoms with E-state index >= 15 is 4.39 Å². The van der Waals surface area contributed by atoms with Crippen molar-refractivity contribution in [3.63, 3.8) is 0 Å². The Labute approximate surface area is 249 Å². The number of rotatable bonds is 4. The van der Waals surface area contributed by atoms with Gasteiger partial charge in [-0.2, -0.15) is 0 Å². The molecule has 0 bridgehead atoms. The second-order valence-corrected chi connectivity index (χ2v) is 13.0. The molecule has 1 N–H and O–H groups in total. The SMILES string of the molecule is C[C@H]1CN(C(=O)c2ccc(-c3ccc4c(c3)N(C3CCCCCCCCC3)CN4C)cc2F)CCN1C(=O)C1(O)CC1. The molecule has 7 nitrogen and oxygen atoms in total. The number of halogens is 1. The van der Waals surface area contributed by atoms with Crippen molar-refractivity contribution in [2.45, 2.75) is 95.2 Å². The predicted octanol–water partition coefficient (Wildman–Crippen LogP) is 5.80. The summed E-state index contributed by atoms with van der Waals surface area (Å²) in [7, 11) is 2.14. The first kappa shape index (κ1) is 29.0. The summed E-state index contributed by atoms with van der Waals surface area (Å²) in [5.41, 5.74) is 2.97. The Morgan fingerprint density at radius 1 is 0.881 bits per heavy atom. The number of aliphatic hydroxyl groups is 1. The number of fused-ring (bicyclic) bond motifs is 1. The first-order valence-corrected chi connectivity index (χ1v) is 16.0. The number of benzene rings is 2. The van der Waals surface area contributed by atoms with E-state index in [1.165, 1.54) is 75.2 Å². The van der Waals surface area contributed by atoms with Crippen molar-refractivity contribution in [1.29, 1.82) is 0 Å². The molecule has 2 heterocycles. The standard InChI is InChI=1S/C34H45FN4O3/c1-24-22-37(18-19-38(24)33(41)34(42)16-17-34)32(40)28-14-12-25(20-29(28)35)26-13-15-30-31(21-26)39(23-36(30)2)27-10-8-6-4-3-5-7-9-11-27/h12-15,20-21,24,27,42H,3-11,16-19,22-23H2,1-2H3/t24-/m0/s1. The number of piperazine rings is 1. The van der Waals surface area contributed by atoms with E-state index in [9.17, 15) is 14.7 Å². The lowest BCUT2D eigenvalue weighted by Gasteiger charge is -2.40. The summed E-state index contributed by atoms with van der Waals surface area (Å²) in [6.45, 7) is 3.73. The zero-order valence-corrected chi connectivity index (χ0v) is 25.2. The van der Waals surface area contributed by atoms with E-state index in [0.717, 1.165) is 17.8 Å². The lowest BCUT2D eigenvalue weighted by molar-refractivity contribution is -0.146. The van der Waals surface area contributed by atoms with E-state index < -0.39 is 11.4 Å². The van der Waals surface area contributed by atoms with Crippen LogP contribution in [0.1, 0.15) is 87.9 Å². The average Bonchev–Trinajstić information content (AvgIpc) is 3.67. The average molecular weight is 577 g/mol. The van der Waals surface area contributed by atoms with E-state index in [1.54, 1.807) is 15.9 Å². The second kappa shape index (κ2) is 11.9. The summed E-state index contributed by atoms with van der Waals surface area (Å²) < 4.78 is 15.5. The molecular weight excluding hydrogens is 531 g/mol. The van der Waals surface area contributed by atoms with Crippen molar-refractivity contribution in [3.05, 3.63) is 47.8 Å². The minimum Gasteiger partial charge on any atom is -0.380 e. The van der Waals surface area contributed by atoms with E-state index in [0.29, 0.717) is 38.5 Å². The number of carbonyl (C=O) groups excluding carboxylic acids is 2. The zero-order chi connectivity index (χ0) is 29.4. The first-order valence-electron chi connectivity index (χ1n) is 16.0. The molecule has 2 saturated carbocycles. The van der Waals surface area contributed by atoms with Gasteiger partial charge < -0.3 is 24.7 Å². The zero-order valence-electron chi connectivity index (χ0n) is 25.2. The van der Waals surface area contributed by atoms with Crippen LogP contribution >= 0.6 is 0 Å². The Balaban J connectivity index is 1.17. The minimum atomic E-state index is -1.22. The molecule has 1 atom stereocenters. The van der Waals surface area contributed by atoms with E-state index in [-0.39, 0.29) is 23.4 Å². The molecule has 2 aromatic rings. The van der Waals surface area contributed by atoms with E-state index in [4.69, 9.17) is 0 Å². The minimum absolute atomic E-state index is 0.0515. The van der Waals surface area contributed by atoms with Gasteiger partial charge in [0, 0.05) is 38.8 Å². The van der Waals surface area contributed by atoms with Crippen LogP contribution < -0.4 is 9.80 Å². The maximum Gasteiger partial charge on any atom is 0.256 e. The molecule has 1 saturated heterocycles. The number of nitrogens with zero attached hydrogens (tertiary/aromatic N) is 4. The molecule has 2 aliphatic heterocycles. The highest BCUT2D eigenvalue weighted by atomic mass is 19.1. The Kier molecular flexibility index (Phi) is 8.18. The van der Waals surface area contributed by atoms with E-state index in [2.05, 4.69) is 29.0 Å². The van der Waals surface area contributed by atoms with Crippen LogP contribution in [0, 0.1) is 5.82 Å². The quantitative estimate of drug-likeness (QED) is 0.499. The summed E-state index contributed by atoms with van der Waals surface area (Å²) >= 11 is 0. The molecule has 0 radical (unpaired) electrons.